The minimum Gasteiger partial charge on any atom is -0.389 e. The third-order valence-electron chi connectivity index (χ3n) is 3.20. The molecule has 0 aromatic carbocycles. The molecular weight excluding hydrogens is 200 g/mol. The first-order chi connectivity index (χ1) is 6.93. The maximum absolute atomic E-state index is 12.2. The van der Waals surface area contributed by atoms with Gasteiger partial charge in [-0.1, -0.05) is 19.8 Å². The van der Waals surface area contributed by atoms with E-state index in [9.17, 15) is 13.9 Å². The van der Waals surface area contributed by atoms with Crippen LogP contribution in [0.25, 0.3) is 0 Å². The number of hydrogen-bond donors (Lipinski definition) is 2. The summed E-state index contributed by atoms with van der Waals surface area (Å²) in [4.78, 5) is 0. The Kier molecular flexibility index (Phi) is 4.46. The van der Waals surface area contributed by atoms with Crippen molar-refractivity contribution in [2.24, 2.45) is 5.92 Å². The highest BCUT2D eigenvalue weighted by molar-refractivity contribution is 4.87. The molecule has 0 amide bonds. The normalized spacial score (nSPS) is 34.4. The molecule has 0 radical (unpaired) electrons. The van der Waals surface area contributed by atoms with Gasteiger partial charge in [0.2, 0.25) is 0 Å². The zero-order valence-electron chi connectivity index (χ0n) is 9.47. The van der Waals surface area contributed by atoms with Crippen molar-refractivity contribution < 1.29 is 13.9 Å². The predicted octanol–water partition coefficient (Wildman–Crippen LogP) is 2.17. The molecule has 1 aliphatic rings. The lowest BCUT2D eigenvalue weighted by atomic mass is 9.79. The second kappa shape index (κ2) is 5.21. The fraction of sp³-hybridized carbons (Fsp3) is 1.00. The maximum atomic E-state index is 12.2. The predicted molar refractivity (Wildman–Crippen MR) is 56.1 cm³/mol. The van der Waals surface area contributed by atoms with Crippen molar-refractivity contribution in [3.05, 3.63) is 0 Å². The number of aliphatic hydroxyl groups is 1. The van der Waals surface area contributed by atoms with Crippen LogP contribution >= 0.6 is 0 Å². The average molecular weight is 221 g/mol. The Morgan fingerprint density at radius 2 is 2.20 bits per heavy atom. The van der Waals surface area contributed by atoms with Gasteiger partial charge < -0.3 is 10.4 Å². The fourth-order valence-corrected chi connectivity index (χ4v) is 2.23. The fourth-order valence-electron chi connectivity index (χ4n) is 2.23. The van der Waals surface area contributed by atoms with Crippen molar-refractivity contribution in [3.8, 4) is 0 Å². The van der Waals surface area contributed by atoms with Crippen molar-refractivity contribution >= 4 is 0 Å². The van der Waals surface area contributed by atoms with Crippen LogP contribution in [0, 0.1) is 5.92 Å². The summed E-state index contributed by atoms with van der Waals surface area (Å²) in [5, 5.41) is 12.9. The van der Waals surface area contributed by atoms with Crippen LogP contribution in [0.5, 0.6) is 0 Å². The highest BCUT2D eigenvalue weighted by atomic mass is 19.3. The minimum absolute atomic E-state index is 0.281. The molecule has 0 bridgehead atoms. The summed E-state index contributed by atoms with van der Waals surface area (Å²) in [5.41, 5.74) is -0.777. The molecule has 90 valence electrons. The summed E-state index contributed by atoms with van der Waals surface area (Å²) in [7, 11) is 0. The first-order valence-corrected chi connectivity index (χ1v) is 5.67. The second-order valence-corrected chi connectivity index (χ2v) is 4.93. The van der Waals surface area contributed by atoms with Gasteiger partial charge in [0, 0.05) is 6.54 Å². The Morgan fingerprint density at radius 1 is 1.53 bits per heavy atom. The molecule has 2 N–H and O–H groups in total. The summed E-state index contributed by atoms with van der Waals surface area (Å²) >= 11 is 0. The Labute approximate surface area is 90.1 Å². The van der Waals surface area contributed by atoms with Gasteiger partial charge in [0.1, 0.15) is 0 Å². The molecule has 0 aromatic rings. The van der Waals surface area contributed by atoms with Crippen molar-refractivity contribution in [2.75, 3.05) is 6.54 Å². The molecule has 4 heteroatoms. The number of rotatable bonds is 4. The van der Waals surface area contributed by atoms with Gasteiger partial charge >= 0.3 is 0 Å². The van der Waals surface area contributed by atoms with E-state index in [1.807, 2.05) is 0 Å². The summed E-state index contributed by atoms with van der Waals surface area (Å²) in [6.07, 6.45) is 1.19. The van der Waals surface area contributed by atoms with Crippen molar-refractivity contribution in [3.63, 3.8) is 0 Å². The van der Waals surface area contributed by atoms with Gasteiger partial charge in [0.25, 0.3) is 6.43 Å². The van der Waals surface area contributed by atoms with E-state index >= 15 is 0 Å². The Morgan fingerprint density at radius 3 is 2.73 bits per heavy atom. The Hall–Kier alpha value is -0.220. The molecule has 1 aliphatic carbocycles. The highest BCUT2D eigenvalue weighted by Gasteiger charge is 2.33. The van der Waals surface area contributed by atoms with E-state index in [-0.39, 0.29) is 6.54 Å². The molecule has 1 fully saturated rings. The van der Waals surface area contributed by atoms with E-state index in [2.05, 4.69) is 12.2 Å². The van der Waals surface area contributed by atoms with E-state index in [1.54, 1.807) is 0 Å². The maximum Gasteiger partial charge on any atom is 0.253 e. The quantitative estimate of drug-likeness (QED) is 0.762. The molecule has 2 nitrogen and oxygen atoms in total. The van der Waals surface area contributed by atoms with E-state index in [0.29, 0.717) is 5.92 Å². The molecule has 3 atom stereocenters. The molecule has 1 rings (SSSR count). The minimum atomic E-state index is -2.37. The van der Waals surface area contributed by atoms with Gasteiger partial charge in [-0.15, -0.1) is 0 Å². The van der Waals surface area contributed by atoms with Gasteiger partial charge in [0.05, 0.1) is 11.6 Å². The summed E-state index contributed by atoms with van der Waals surface area (Å²) in [6, 6.07) is -0.841. The first kappa shape index (κ1) is 12.8. The van der Waals surface area contributed by atoms with Crippen LogP contribution in [0.15, 0.2) is 0 Å². The number of nitrogens with one attached hydrogen (secondary N) is 1. The Balaban J connectivity index is 2.35. The molecule has 0 aromatic heterocycles. The zero-order chi connectivity index (χ0) is 11.5. The van der Waals surface area contributed by atoms with Gasteiger partial charge in [-0.05, 0) is 25.7 Å². The van der Waals surface area contributed by atoms with Crippen LogP contribution in [0.3, 0.4) is 0 Å². The van der Waals surface area contributed by atoms with Gasteiger partial charge in [0.15, 0.2) is 0 Å². The third kappa shape index (κ3) is 4.03. The van der Waals surface area contributed by atoms with Gasteiger partial charge in [-0.2, -0.15) is 0 Å². The molecule has 3 unspecified atom stereocenters. The topological polar surface area (TPSA) is 32.3 Å². The smallest absolute Gasteiger partial charge is 0.253 e. The molecule has 1 saturated carbocycles. The van der Waals surface area contributed by atoms with Crippen molar-refractivity contribution in [1.29, 1.82) is 0 Å². The van der Waals surface area contributed by atoms with Crippen LogP contribution in [-0.2, 0) is 0 Å². The lowest BCUT2D eigenvalue weighted by molar-refractivity contribution is -0.0187. The number of alkyl halides is 2. The Bertz CT molecular complexity index is 201. The zero-order valence-corrected chi connectivity index (χ0v) is 9.47. The standard InChI is InChI=1S/C11H21F2NO/c1-8-4-3-5-11(15,6-8)7-14-9(2)10(12)13/h8-10,14-15H,3-7H2,1-2H3. The average Bonchev–Trinajstić information content (AvgIpc) is 2.13. The number of halogens is 2. The molecule has 0 aliphatic heterocycles. The highest BCUT2D eigenvalue weighted by Crippen LogP contribution is 2.31. The molecule has 15 heavy (non-hydrogen) atoms. The van der Waals surface area contributed by atoms with Crippen LogP contribution in [0.1, 0.15) is 39.5 Å². The van der Waals surface area contributed by atoms with E-state index < -0.39 is 18.1 Å². The molecular formula is C11H21F2NO. The van der Waals surface area contributed by atoms with Gasteiger partial charge in [-0.3, -0.25) is 0 Å². The molecule has 0 saturated heterocycles. The second-order valence-electron chi connectivity index (χ2n) is 4.93. The van der Waals surface area contributed by atoms with Crippen LogP contribution in [0.2, 0.25) is 0 Å². The lowest BCUT2D eigenvalue weighted by Crippen LogP contribution is -2.48. The van der Waals surface area contributed by atoms with Crippen molar-refractivity contribution in [1.82, 2.24) is 5.32 Å². The molecule has 0 heterocycles. The van der Waals surface area contributed by atoms with E-state index in [1.165, 1.54) is 6.92 Å². The molecule has 0 spiro atoms. The number of hydrogen-bond acceptors (Lipinski definition) is 2. The van der Waals surface area contributed by atoms with Crippen LogP contribution in [-0.4, -0.2) is 29.7 Å². The monoisotopic (exact) mass is 221 g/mol. The van der Waals surface area contributed by atoms with Crippen molar-refractivity contribution in [2.45, 2.75) is 57.6 Å². The lowest BCUT2D eigenvalue weighted by Gasteiger charge is -2.36. The largest absolute Gasteiger partial charge is 0.389 e. The van der Waals surface area contributed by atoms with E-state index in [4.69, 9.17) is 0 Å². The van der Waals surface area contributed by atoms with E-state index in [0.717, 1.165) is 25.7 Å². The summed E-state index contributed by atoms with van der Waals surface area (Å²) in [5.74, 6) is 0.493. The van der Waals surface area contributed by atoms with Gasteiger partial charge in [-0.25, -0.2) is 8.78 Å². The summed E-state index contributed by atoms with van der Waals surface area (Å²) in [6.45, 7) is 3.82. The summed E-state index contributed by atoms with van der Waals surface area (Å²) < 4.78 is 24.5. The SMILES string of the molecule is CC1CCCC(O)(CNC(C)C(F)F)C1. The van der Waals surface area contributed by atoms with Crippen LogP contribution in [0.4, 0.5) is 8.78 Å². The first-order valence-electron chi connectivity index (χ1n) is 5.67. The third-order valence-corrected chi connectivity index (χ3v) is 3.20. The van der Waals surface area contributed by atoms with Crippen LogP contribution < -0.4 is 5.32 Å².